The highest BCUT2D eigenvalue weighted by Gasteiger charge is 2.27. The quantitative estimate of drug-likeness (QED) is 0.826. The lowest BCUT2D eigenvalue weighted by molar-refractivity contribution is 0.0844. The summed E-state index contributed by atoms with van der Waals surface area (Å²) in [5.74, 6) is 1.03. The topological polar surface area (TPSA) is 35.2 Å². The highest BCUT2D eigenvalue weighted by molar-refractivity contribution is 5.60. The van der Waals surface area contributed by atoms with Crippen molar-refractivity contribution < 1.29 is 4.74 Å². The van der Waals surface area contributed by atoms with Crippen LogP contribution < -0.4 is 10.5 Å². The zero-order valence-corrected chi connectivity index (χ0v) is 9.99. The maximum absolute atomic E-state index is 6.06. The van der Waals surface area contributed by atoms with Crippen molar-refractivity contribution in [3.05, 3.63) is 35.4 Å². The fourth-order valence-electron chi connectivity index (χ4n) is 2.02. The molecule has 0 aromatic heterocycles. The zero-order chi connectivity index (χ0) is 11.6. The van der Waals surface area contributed by atoms with Crippen LogP contribution in [-0.4, -0.2) is 12.1 Å². The number of ether oxygens (including phenoxy) is 1. The van der Waals surface area contributed by atoms with Crippen LogP contribution in [0.25, 0.3) is 6.08 Å². The van der Waals surface area contributed by atoms with Gasteiger partial charge in [-0.2, -0.15) is 0 Å². The van der Waals surface area contributed by atoms with Gasteiger partial charge < -0.3 is 10.5 Å². The predicted octanol–water partition coefficient (Wildman–Crippen LogP) is 2.76. The molecule has 0 amide bonds. The second-order valence-electron chi connectivity index (χ2n) is 4.84. The Labute approximate surface area is 97.1 Å². The molecule has 2 N–H and O–H groups in total. The van der Waals surface area contributed by atoms with Crippen LogP contribution in [0.15, 0.2) is 24.3 Å². The molecule has 0 unspecified atom stereocenters. The molecule has 0 saturated carbocycles. The summed E-state index contributed by atoms with van der Waals surface area (Å²) in [6, 6.07) is 6.30. The molecule has 0 fully saturated rings. The Morgan fingerprint density at radius 2 is 2.25 bits per heavy atom. The maximum Gasteiger partial charge on any atom is 0.130 e. The third-order valence-electron chi connectivity index (χ3n) is 2.94. The van der Waals surface area contributed by atoms with E-state index in [0.29, 0.717) is 6.54 Å². The first-order valence-corrected chi connectivity index (χ1v) is 5.80. The molecule has 0 radical (unpaired) electrons. The molecule has 0 spiro atoms. The Kier molecular flexibility index (Phi) is 3.01. The normalized spacial score (nSPS) is 18.2. The van der Waals surface area contributed by atoms with Gasteiger partial charge in [-0.05, 0) is 32.3 Å². The number of para-hydroxylation sites is 1. The molecule has 1 aliphatic rings. The lowest BCUT2D eigenvalue weighted by atomic mass is 9.92. The maximum atomic E-state index is 6.06. The minimum Gasteiger partial charge on any atom is -0.487 e. The monoisotopic (exact) mass is 217 g/mol. The van der Waals surface area contributed by atoms with Crippen LogP contribution in [0.5, 0.6) is 5.75 Å². The van der Waals surface area contributed by atoms with E-state index in [0.717, 1.165) is 24.2 Å². The third-order valence-corrected chi connectivity index (χ3v) is 2.94. The minimum absolute atomic E-state index is 0.0559. The summed E-state index contributed by atoms with van der Waals surface area (Å²) < 4.78 is 6.06. The van der Waals surface area contributed by atoms with E-state index in [4.69, 9.17) is 10.5 Å². The van der Waals surface area contributed by atoms with Crippen molar-refractivity contribution >= 4 is 6.08 Å². The summed E-state index contributed by atoms with van der Waals surface area (Å²) in [7, 11) is 0. The van der Waals surface area contributed by atoms with E-state index in [1.807, 2.05) is 12.2 Å². The molecule has 0 saturated heterocycles. The molecule has 0 bridgehead atoms. The smallest absolute Gasteiger partial charge is 0.130 e. The first-order chi connectivity index (χ1) is 7.62. The molecule has 1 aromatic rings. The molecule has 2 rings (SSSR count). The van der Waals surface area contributed by atoms with Gasteiger partial charge in [0.05, 0.1) is 0 Å². The zero-order valence-electron chi connectivity index (χ0n) is 9.99. The summed E-state index contributed by atoms with van der Waals surface area (Å²) in [6.45, 7) is 4.84. The Hall–Kier alpha value is -1.28. The highest BCUT2D eigenvalue weighted by atomic mass is 16.5. The van der Waals surface area contributed by atoms with Gasteiger partial charge in [0.25, 0.3) is 0 Å². The van der Waals surface area contributed by atoms with Crippen LogP contribution in [0, 0.1) is 0 Å². The Balaban J connectivity index is 2.38. The van der Waals surface area contributed by atoms with Crippen molar-refractivity contribution in [1.29, 1.82) is 0 Å². The van der Waals surface area contributed by atoms with E-state index in [1.165, 1.54) is 5.56 Å². The average Bonchev–Trinajstić information content (AvgIpc) is 2.25. The largest absolute Gasteiger partial charge is 0.487 e. The van der Waals surface area contributed by atoms with Gasteiger partial charge in [-0.3, -0.25) is 0 Å². The summed E-state index contributed by atoms with van der Waals surface area (Å²) in [4.78, 5) is 0. The van der Waals surface area contributed by atoms with Crippen molar-refractivity contribution in [2.75, 3.05) is 6.54 Å². The summed E-state index contributed by atoms with van der Waals surface area (Å²) in [5, 5.41) is 0. The van der Waals surface area contributed by atoms with E-state index in [2.05, 4.69) is 32.0 Å². The minimum atomic E-state index is -0.0559. The molecule has 1 heterocycles. The molecule has 2 nitrogen and oxygen atoms in total. The van der Waals surface area contributed by atoms with Crippen LogP contribution in [0.2, 0.25) is 0 Å². The average molecular weight is 217 g/mol. The summed E-state index contributed by atoms with van der Waals surface area (Å²) >= 11 is 0. The van der Waals surface area contributed by atoms with E-state index < -0.39 is 0 Å². The predicted molar refractivity (Wildman–Crippen MR) is 67.6 cm³/mol. The molecule has 86 valence electrons. The standard InChI is InChI=1S/C14H19NO/c1-14(2)9-8-12-6-3-5-11(7-4-10-15)13(12)16-14/h3-7H,8-10,15H2,1-2H3/b7-4+. The number of fused-ring (bicyclic) bond motifs is 1. The molecule has 1 aromatic carbocycles. The SMILES string of the molecule is CC1(C)CCc2cccc(/C=C/CN)c2O1. The van der Waals surface area contributed by atoms with Crippen molar-refractivity contribution in [3.8, 4) is 5.75 Å². The summed E-state index contributed by atoms with van der Waals surface area (Å²) in [5.41, 5.74) is 7.86. The van der Waals surface area contributed by atoms with Crippen molar-refractivity contribution in [2.24, 2.45) is 5.73 Å². The van der Waals surface area contributed by atoms with E-state index >= 15 is 0 Å². The molecular weight excluding hydrogens is 198 g/mol. The molecule has 0 aliphatic carbocycles. The van der Waals surface area contributed by atoms with Crippen molar-refractivity contribution in [1.82, 2.24) is 0 Å². The third kappa shape index (κ3) is 2.27. The second-order valence-corrected chi connectivity index (χ2v) is 4.84. The first-order valence-electron chi connectivity index (χ1n) is 5.80. The van der Waals surface area contributed by atoms with Crippen LogP contribution in [0.3, 0.4) is 0 Å². The summed E-state index contributed by atoms with van der Waals surface area (Å²) in [6.07, 6.45) is 6.16. The van der Waals surface area contributed by atoms with Crippen LogP contribution in [0.1, 0.15) is 31.4 Å². The molecule has 16 heavy (non-hydrogen) atoms. The molecule has 2 heteroatoms. The molecular formula is C14H19NO. The Morgan fingerprint density at radius 3 is 3.00 bits per heavy atom. The fourth-order valence-corrected chi connectivity index (χ4v) is 2.02. The van der Waals surface area contributed by atoms with Crippen LogP contribution in [-0.2, 0) is 6.42 Å². The number of nitrogens with two attached hydrogens (primary N) is 1. The first kappa shape index (κ1) is 11.2. The number of hydrogen-bond acceptors (Lipinski definition) is 2. The number of rotatable bonds is 2. The lowest BCUT2D eigenvalue weighted by Crippen LogP contribution is -2.32. The second kappa shape index (κ2) is 4.30. The molecule has 0 atom stereocenters. The Bertz CT molecular complexity index is 407. The van der Waals surface area contributed by atoms with Crippen molar-refractivity contribution in [2.45, 2.75) is 32.3 Å². The van der Waals surface area contributed by atoms with Gasteiger partial charge >= 0.3 is 0 Å². The van der Waals surface area contributed by atoms with Gasteiger partial charge in [0.15, 0.2) is 0 Å². The fraction of sp³-hybridized carbons (Fsp3) is 0.429. The number of benzene rings is 1. The van der Waals surface area contributed by atoms with Gasteiger partial charge in [-0.1, -0.05) is 30.4 Å². The van der Waals surface area contributed by atoms with E-state index in [1.54, 1.807) is 0 Å². The highest BCUT2D eigenvalue weighted by Crippen LogP contribution is 2.36. The van der Waals surface area contributed by atoms with Gasteiger partial charge in [0, 0.05) is 12.1 Å². The number of aryl methyl sites for hydroxylation is 1. The van der Waals surface area contributed by atoms with Gasteiger partial charge in [-0.25, -0.2) is 0 Å². The van der Waals surface area contributed by atoms with Gasteiger partial charge in [0.1, 0.15) is 11.4 Å². The van der Waals surface area contributed by atoms with Crippen LogP contribution >= 0.6 is 0 Å². The Morgan fingerprint density at radius 1 is 1.44 bits per heavy atom. The number of hydrogen-bond donors (Lipinski definition) is 1. The van der Waals surface area contributed by atoms with E-state index in [-0.39, 0.29) is 5.60 Å². The lowest BCUT2D eigenvalue weighted by Gasteiger charge is -2.33. The van der Waals surface area contributed by atoms with Gasteiger partial charge in [0.2, 0.25) is 0 Å². The molecule has 1 aliphatic heterocycles. The van der Waals surface area contributed by atoms with Crippen LogP contribution in [0.4, 0.5) is 0 Å². The van der Waals surface area contributed by atoms with Crippen molar-refractivity contribution in [3.63, 3.8) is 0 Å². The van der Waals surface area contributed by atoms with E-state index in [9.17, 15) is 0 Å². The van der Waals surface area contributed by atoms with Gasteiger partial charge in [-0.15, -0.1) is 0 Å².